The number of rotatable bonds is 8. The summed E-state index contributed by atoms with van der Waals surface area (Å²) in [5.41, 5.74) is 0. The third kappa shape index (κ3) is 5.19. The monoisotopic (exact) mass is 211 g/mol. The number of carbonyl (C=O) groups is 1. The van der Waals surface area contributed by atoms with Crippen LogP contribution in [0, 0.1) is 0 Å². The van der Waals surface area contributed by atoms with Gasteiger partial charge in [0.15, 0.2) is 0 Å². The topological polar surface area (TPSA) is 20.3 Å². The van der Waals surface area contributed by atoms with Crippen LogP contribution in [-0.2, 0) is 4.79 Å². The highest BCUT2D eigenvalue weighted by molar-refractivity contribution is 5.77. The number of hydrogen-bond acceptors (Lipinski definition) is 1. The maximum absolute atomic E-state index is 11.3. The fraction of sp³-hybridized carbons (Fsp3) is 0.923. The Morgan fingerprint density at radius 2 is 1.73 bits per heavy atom. The van der Waals surface area contributed by atoms with Crippen LogP contribution < -0.4 is 0 Å². The molecule has 0 radical (unpaired) electrons. The molecule has 0 N–H and O–H groups in total. The second kappa shape index (κ2) is 7.72. The van der Waals surface area contributed by atoms with Crippen molar-refractivity contribution in [3.63, 3.8) is 0 Å². The molecule has 0 spiro atoms. The quantitative estimate of drug-likeness (QED) is 0.564. The van der Waals surface area contributed by atoms with Crippen molar-refractivity contribution >= 4 is 5.91 Å². The summed E-state index contributed by atoms with van der Waals surface area (Å²) in [6, 6.07) is 0. The van der Waals surface area contributed by atoms with Gasteiger partial charge in [-0.25, -0.2) is 0 Å². The van der Waals surface area contributed by atoms with Gasteiger partial charge in [-0.3, -0.25) is 4.79 Å². The maximum Gasteiger partial charge on any atom is 0.222 e. The van der Waals surface area contributed by atoms with Crippen LogP contribution in [0.25, 0.3) is 0 Å². The lowest BCUT2D eigenvalue weighted by Gasteiger charge is -2.14. The molecule has 0 aromatic carbocycles. The van der Waals surface area contributed by atoms with Crippen LogP contribution >= 0.6 is 0 Å². The Morgan fingerprint density at radius 1 is 1.07 bits per heavy atom. The molecule has 1 rings (SSSR count). The van der Waals surface area contributed by atoms with Gasteiger partial charge in [0, 0.05) is 19.5 Å². The summed E-state index contributed by atoms with van der Waals surface area (Å²) in [7, 11) is 0. The molecule has 0 bridgehead atoms. The lowest BCUT2D eigenvalue weighted by Crippen LogP contribution is -2.25. The second-order valence-electron chi connectivity index (χ2n) is 4.61. The summed E-state index contributed by atoms with van der Waals surface area (Å²) in [6.45, 7) is 4.26. The molecule has 1 amide bonds. The van der Waals surface area contributed by atoms with E-state index in [9.17, 15) is 4.79 Å². The Labute approximate surface area is 94.0 Å². The van der Waals surface area contributed by atoms with Crippen molar-refractivity contribution in [3.05, 3.63) is 0 Å². The van der Waals surface area contributed by atoms with Gasteiger partial charge >= 0.3 is 0 Å². The highest BCUT2D eigenvalue weighted by Crippen LogP contribution is 2.12. The minimum absolute atomic E-state index is 0.376. The molecule has 1 heterocycles. The number of carbonyl (C=O) groups excluding carboxylic acids is 1. The lowest BCUT2D eigenvalue weighted by molar-refractivity contribution is -0.127. The molecule has 0 aromatic heterocycles. The first-order valence-electron chi connectivity index (χ1n) is 6.62. The largest absolute Gasteiger partial charge is 0.343 e. The minimum atomic E-state index is 0.376. The Morgan fingerprint density at radius 3 is 2.33 bits per heavy atom. The number of nitrogens with zero attached hydrogens (tertiary/aromatic N) is 1. The summed E-state index contributed by atoms with van der Waals surface area (Å²) in [5, 5.41) is 0. The molecule has 0 atom stereocenters. The highest BCUT2D eigenvalue weighted by Gasteiger charge is 2.18. The molecule has 1 aliphatic rings. The first-order chi connectivity index (χ1) is 7.34. The van der Waals surface area contributed by atoms with Crippen LogP contribution in [0.5, 0.6) is 0 Å². The summed E-state index contributed by atoms with van der Waals surface area (Å²) >= 11 is 0. The Bertz CT molecular complexity index is 179. The van der Waals surface area contributed by atoms with Crippen molar-refractivity contribution in [2.75, 3.05) is 13.1 Å². The standard InChI is InChI=1S/C13H25NO/c1-2-3-4-5-6-7-8-11-14-12-9-10-13(14)15/h2-12H2,1H3. The van der Waals surface area contributed by atoms with E-state index in [1.165, 1.54) is 44.9 Å². The molecule has 2 nitrogen and oxygen atoms in total. The molecular formula is C13H25NO. The molecule has 1 fully saturated rings. The Hall–Kier alpha value is -0.530. The molecule has 1 saturated heterocycles. The van der Waals surface area contributed by atoms with Crippen LogP contribution in [0.3, 0.4) is 0 Å². The van der Waals surface area contributed by atoms with Gasteiger partial charge in [0.25, 0.3) is 0 Å². The second-order valence-corrected chi connectivity index (χ2v) is 4.61. The van der Waals surface area contributed by atoms with E-state index in [0.717, 1.165) is 25.9 Å². The van der Waals surface area contributed by atoms with Crippen LogP contribution in [0.4, 0.5) is 0 Å². The van der Waals surface area contributed by atoms with E-state index in [-0.39, 0.29) is 0 Å². The van der Waals surface area contributed by atoms with Gasteiger partial charge in [-0.15, -0.1) is 0 Å². The van der Waals surface area contributed by atoms with E-state index in [1.807, 2.05) is 4.90 Å². The van der Waals surface area contributed by atoms with E-state index >= 15 is 0 Å². The van der Waals surface area contributed by atoms with Crippen molar-refractivity contribution < 1.29 is 4.79 Å². The summed E-state index contributed by atoms with van der Waals surface area (Å²) in [6.07, 6.45) is 11.2. The molecule has 0 aliphatic carbocycles. The van der Waals surface area contributed by atoms with Crippen LogP contribution in [0.15, 0.2) is 0 Å². The SMILES string of the molecule is CCCCCCCCCN1CCCC1=O. The number of hydrogen-bond donors (Lipinski definition) is 0. The van der Waals surface area contributed by atoms with Crippen molar-refractivity contribution in [1.29, 1.82) is 0 Å². The van der Waals surface area contributed by atoms with Crippen LogP contribution in [0.2, 0.25) is 0 Å². The first kappa shape index (κ1) is 12.5. The van der Waals surface area contributed by atoms with Gasteiger partial charge in [-0.2, -0.15) is 0 Å². The molecule has 0 unspecified atom stereocenters. The van der Waals surface area contributed by atoms with Crippen molar-refractivity contribution in [2.45, 2.75) is 64.7 Å². The van der Waals surface area contributed by atoms with Crippen molar-refractivity contribution in [2.24, 2.45) is 0 Å². The molecule has 1 aliphatic heterocycles. The van der Waals surface area contributed by atoms with Gasteiger partial charge in [-0.1, -0.05) is 45.4 Å². The minimum Gasteiger partial charge on any atom is -0.343 e. The van der Waals surface area contributed by atoms with Crippen molar-refractivity contribution in [3.8, 4) is 0 Å². The van der Waals surface area contributed by atoms with Gasteiger partial charge in [0.05, 0.1) is 0 Å². The van der Waals surface area contributed by atoms with Gasteiger partial charge in [-0.05, 0) is 12.8 Å². The molecule has 88 valence electrons. The molecule has 2 heteroatoms. The average molecular weight is 211 g/mol. The van der Waals surface area contributed by atoms with Crippen molar-refractivity contribution in [1.82, 2.24) is 4.90 Å². The average Bonchev–Trinajstić information content (AvgIpc) is 2.63. The lowest BCUT2D eigenvalue weighted by atomic mass is 10.1. The van der Waals surface area contributed by atoms with Crippen LogP contribution in [-0.4, -0.2) is 23.9 Å². The third-order valence-corrected chi connectivity index (χ3v) is 3.20. The normalized spacial score (nSPS) is 16.3. The zero-order valence-corrected chi connectivity index (χ0v) is 10.1. The first-order valence-corrected chi connectivity index (χ1v) is 6.62. The Balaban J connectivity index is 1.86. The Kier molecular flexibility index (Phi) is 6.45. The van der Waals surface area contributed by atoms with Gasteiger partial charge in [0.2, 0.25) is 5.91 Å². The number of unbranched alkanes of at least 4 members (excludes halogenated alkanes) is 6. The zero-order valence-electron chi connectivity index (χ0n) is 10.1. The van der Waals surface area contributed by atoms with E-state index in [2.05, 4.69) is 6.92 Å². The third-order valence-electron chi connectivity index (χ3n) is 3.20. The van der Waals surface area contributed by atoms with Gasteiger partial charge < -0.3 is 4.90 Å². The number of likely N-dealkylation sites (tertiary alicyclic amines) is 1. The van der Waals surface area contributed by atoms with E-state index in [1.54, 1.807) is 0 Å². The summed E-state index contributed by atoms with van der Waals surface area (Å²) in [4.78, 5) is 13.3. The molecular weight excluding hydrogens is 186 g/mol. The summed E-state index contributed by atoms with van der Waals surface area (Å²) in [5.74, 6) is 0.376. The smallest absolute Gasteiger partial charge is 0.222 e. The molecule has 0 aromatic rings. The van der Waals surface area contributed by atoms with E-state index in [4.69, 9.17) is 0 Å². The van der Waals surface area contributed by atoms with E-state index in [0.29, 0.717) is 5.91 Å². The number of amides is 1. The fourth-order valence-corrected chi connectivity index (χ4v) is 2.20. The maximum atomic E-state index is 11.3. The highest BCUT2D eigenvalue weighted by atomic mass is 16.2. The van der Waals surface area contributed by atoms with E-state index < -0.39 is 0 Å². The predicted octanol–water partition coefficient (Wildman–Crippen LogP) is 3.36. The predicted molar refractivity (Wildman–Crippen MR) is 63.8 cm³/mol. The molecule has 0 saturated carbocycles. The van der Waals surface area contributed by atoms with Gasteiger partial charge in [0.1, 0.15) is 0 Å². The summed E-state index contributed by atoms with van der Waals surface area (Å²) < 4.78 is 0. The molecule has 15 heavy (non-hydrogen) atoms. The van der Waals surface area contributed by atoms with Crippen LogP contribution in [0.1, 0.15) is 64.7 Å². The fourth-order valence-electron chi connectivity index (χ4n) is 2.20. The zero-order chi connectivity index (χ0) is 10.9.